The molecule has 146 valence electrons. The quantitative estimate of drug-likeness (QED) is 0.713. The van der Waals surface area contributed by atoms with Gasteiger partial charge in [-0.25, -0.2) is 4.90 Å². The maximum absolute atomic E-state index is 13.6. The van der Waals surface area contributed by atoms with Crippen molar-refractivity contribution in [1.82, 2.24) is 4.90 Å². The number of carbonyl (C=O) groups is 3. The van der Waals surface area contributed by atoms with E-state index in [-0.39, 0.29) is 23.6 Å². The number of ketones is 1. The molecule has 29 heavy (non-hydrogen) atoms. The molecule has 3 aliphatic rings. The number of hydrogen-bond acceptors (Lipinski definition) is 4. The summed E-state index contributed by atoms with van der Waals surface area (Å²) in [7, 11) is 0. The van der Waals surface area contributed by atoms with E-state index in [0.717, 1.165) is 16.7 Å². The monoisotopic (exact) mass is 406 g/mol. The van der Waals surface area contributed by atoms with Gasteiger partial charge >= 0.3 is 0 Å². The molecule has 2 aromatic rings. The smallest absolute Gasteiger partial charge is 0.240 e. The number of rotatable bonds is 2. The van der Waals surface area contributed by atoms with E-state index in [4.69, 9.17) is 11.6 Å². The SMILES string of the molecule is CC(=O)C1C2C(=O)N(c3cc(Cl)ccc3C)C(=O)C2C2c3ccccc3C=CN12. The zero-order valence-electron chi connectivity index (χ0n) is 16.0. The number of imide groups is 1. The van der Waals surface area contributed by atoms with Crippen molar-refractivity contribution in [1.29, 1.82) is 0 Å². The Hall–Kier alpha value is -2.92. The summed E-state index contributed by atoms with van der Waals surface area (Å²) in [5.74, 6) is -2.03. The molecule has 3 heterocycles. The van der Waals surface area contributed by atoms with Crippen molar-refractivity contribution in [3.63, 3.8) is 0 Å². The lowest BCUT2D eigenvalue weighted by Crippen LogP contribution is -2.43. The summed E-state index contributed by atoms with van der Waals surface area (Å²) >= 11 is 6.15. The molecule has 0 aromatic heterocycles. The number of anilines is 1. The van der Waals surface area contributed by atoms with Crippen LogP contribution in [0.2, 0.25) is 5.02 Å². The molecular formula is C23H19ClN2O3. The van der Waals surface area contributed by atoms with E-state index in [0.29, 0.717) is 10.7 Å². The highest BCUT2D eigenvalue weighted by molar-refractivity contribution is 6.31. The maximum Gasteiger partial charge on any atom is 0.240 e. The molecule has 0 radical (unpaired) electrons. The molecule has 0 aliphatic carbocycles. The lowest BCUT2D eigenvalue weighted by atomic mass is 9.84. The minimum Gasteiger partial charge on any atom is -0.359 e. The number of hydrogen-bond donors (Lipinski definition) is 0. The first-order valence-corrected chi connectivity index (χ1v) is 9.97. The largest absolute Gasteiger partial charge is 0.359 e. The molecule has 2 aromatic carbocycles. The van der Waals surface area contributed by atoms with Crippen LogP contribution in [0.5, 0.6) is 0 Å². The average molecular weight is 407 g/mol. The first-order chi connectivity index (χ1) is 13.9. The summed E-state index contributed by atoms with van der Waals surface area (Å²) in [5.41, 5.74) is 3.26. The highest BCUT2D eigenvalue weighted by Gasteiger charge is 2.64. The molecule has 5 rings (SSSR count). The summed E-state index contributed by atoms with van der Waals surface area (Å²) in [5, 5.41) is 0.457. The van der Waals surface area contributed by atoms with Gasteiger partial charge in [-0.05, 0) is 48.7 Å². The Kier molecular flexibility index (Phi) is 3.93. The van der Waals surface area contributed by atoms with E-state index in [1.54, 1.807) is 18.2 Å². The van der Waals surface area contributed by atoms with Crippen LogP contribution in [0.4, 0.5) is 5.69 Å². The molecule has 6 heteroatoms. The standard InChI is InChI=1S/C23H19ClN2O3/c1-12-7-8-15(24)11-17(12)26-22(28)18-19(23(26)29)21-16-6-4-3-5-14(16)9-10-25(21)20(18)13(2)27/h3-11,18-21H,1-2H3. The van der Waals surface area contributed by atoms with Crippen molar-refractivity contribution in [3.8, 4) is 0 Å². The number of aryl methyl sites for hydroxylation is 1. The minimum absolute atomic E-state index is 0.114. The van der Waals surface area contributed by atoms with E-state index < -0.39 is 17.9 Å². The molecule has 0 spiro atoms. The Morgan fingerprint density at radius 3 is 2.52 bits per heavy atom. The normalized spacial score (nSPS) is 27.1. The van der Waals surface area contributed by atoms with E-state index in [1.165, 1.54) is 11.8 Å². The molecule has 5 nitrogen and oxygen atoms in total. The third-order valence-electron chi connectivity index (χ3n) is 6.29. The van der Waals surface area contributed by atoms with Gasteiger partial charge in [-0.15, -0.1) is 0 Å². The first kappa shape index (κ1) is 18.1. The lowest BCUT2D eigenvalue weighted by Gasteiger charge is -2.35. The first-order valence-electron chi connectivity index (χ1n) is 9.59. The van der Waals surface area contributed by atoms with Crippen molar-refractivity contribution in [2.24, 2.45) is 11.8 Å². The second-order valence-corrected chi connectivity index (χ2v) is 8.32. The van der Waals surface area contributed by atoms with Crippen LogP contribution in [0.1, 0.15) is 29.7 Å². The van der Waals surface area contributed by atoms with Gasteiger partial charge < -0.3 is 4.90 Å². The summed E-state index contributed by atoms with van der Waals surface area (Å²) < 4.78 is 0. The van der Waals surface area contributed by atoms with Crippen molar-refractivity contribution < 1.29 is 14.4 Å². The number of halogens is 1. The van der Waals surface area contributed by atoms with Gasteiger partial charge in [0.1, 0.15) is 0 Å². The third kappa shape index (κ3) is 2.43. The van der Waals surface area contributed by atoms with Gasteiger partial charge in [-0.1, -0.05) is 41.9 Å². The molecule has 4 unspecified atom stereocenters. The second kappa shape index (κ2) is 6.29. The van der Waals surface area contributed by atoms with Gasteiger partial charge in [0.25, 0.3) is 0 Å². The highest BCUT2D eigenvalue weighted by Crippen LogP contribution is 2.53. The Labute approximate surface area is 173 Å². The van der Waals surface area contributed by atoms with Crippen molar-refractivity contribution >= 4 is 41.0 Å². The zero-order valence-corrected chi connectivity index (χ0v) is 16.8. The molecule has 2 fully saturated rings. The van der Waals surface area contributed by atoms with Crippen molar-refractivity contribution in [2.75, 3.05) is 4.90 Å². The summed E-state index contributed by atoms with van der Waals surface area (Å²) in [4.78, 5) is 42.8. The summed E-state index contributed by atoms with van der Waals surface area (Å²) in [6, 6.07) is 12.0. The van der Waals surface area contributed by atoms with Gasteiger partial charge in [-0.3, -0.25) is 14.4 Å². The zero-order chi connectivity index (χ0) is 20.4. The minimum atomic E-state index is -0.709. The van der Waals surface area contributed by atoms with Crippen molar-refractivity contribution in [2.45, 2.75) is 25.9 Å². The van der Waals surface area contributed by atoms with Crippen LogP contribution in [0.25, 0.3) is 6.08 Å². The van der Waals surface area contributed by atoms with Crippen LogP contribution in [-0.4, -0.2) is 28.5 Å². The fraction of sp³-hybridized carbons (Fsp3) is 0.261. The molecule has 4 atom stereocenters. The molecule has 2 amide bonds. The van der Waals surface area contributed by atoms with E-state index >= 15 is 0 Å². The number of benzene rings is 2. The van der Waals surface area contributed by atoms with Gasteiger partial charge in [0.05, 0.1) is 29.6 Å². The molecule has 2 saturated heterocycles. The fourth-order valence-corrected chi connectivity index (χ4v) is 5.25. The van der Waals surface area contributed by atoms with E-state index in [1.807, 2.05) is 48.4 Å². The topological polar surface area (TPSA) is 57.7 Å². The van der Waals surface area contributed by atoms with Gasteiger partial charge in [-0.2, -0.15) is 0 Å². The lowest BCUT2D eigenvalue weighted by molar-refractivity contribution is -0.129. The Bertz CT molecular complexity index is 1110. The van der Waals surface area contributed by atoms with Crippen LogP contribution in [-0.2, 0) is 14.4 Å². The van der Waals surface area contributed by atoms with E-state index in [2.05, 4.69) is 0 Å². The number of nitrogens with zero attached hydrogens (tertiary/aromatic N) is 2. The maximum atomic E-state index is 13.6. The Morgan fingerprint density at radius 2 is 1.76 bits per heavy atom. The summed E-state index contributed by atoms with van der Waals surface area (Å²) in [6.07, 6.45) is 3.80. The van der Waals surface area contributed by atoms with Crippen LogP contribution >= 0.6 is 11.6 Å². The molecule has 3 aliphatic heterocycles. The molecule has 0 saturated carbocycles. The van der Waals surface area contributed by atoms with E-state index in [9.17, 15) is 14.4 Å². The van der Waals surface area contributed by atoms with Gasteiger partial charge in [0, 0.05) is 11.2 Å². The van der Waals surface area contributed by atoms with Crippen LogP contribution in [0.15, 0.2) is 48.7 Å². The molecule has 0 N–H and O–H groups in total. The van der Waals surface area contributed by atoms with Crippen LogP contribution in [0.3, 0.4) is 0 Å². The third-order valence-corrected chi connectivity index (χ3v) is 6.53. The Balaban J connectivity index is 1.67. The van der Waals surface area contributed by atoms with Gasteiger partial charge in [0.2, 0.25) is 11.8 Å². The van der Waals surface area contributed by atoms with Gasteiger partial charge in [0.15, 0.2) is 5.78 Å². The molecule has 0 bridgehead atoms. The predicted molar refractivity (Wildman–Crippen MR) is 110 cm³/mol. The fourth-order valence-electron chi connectivity index (χ4n) is 5.08. The van der Waals surface area contributed by atoms with Crippen molar-refractivity contribution in [3.05, 3.63) is 70.4 Å². The number of fused-ring (bicyclic) bond motifs is 5. The van der Waals surface area contributed by atoms with Crippen LogP contribution in [0, 0.1) is 18.8 Å². The number of amides is 2. The second-order valence-electron chi connectivity index (χ2n) is 7.89. The number of carbonyl (C=O) groups excluding carboxylic acids is 3. The van der Waals surface area contributed by atoms with Crippen LogP contribution < -0.4 is 4.90 Å². The summed E-state index contributed by atoms with van der Waals surface area (Å²) in [6.45, 7) is 3.33. The number of Topliss-reactive ketones (excluding diaryl/α,β-unsaturated/α-hetero) is 1. The predicted octanol–water partition coefficient (Wildman–Crippen LogP) is 3.75. The Morgan fingerprint density at radius 1 is 1.03 bits per heavy atom. The molecular weight excluding hydrogens is 388 g/mol. The highest BCUT2D eigenvalue weighted by atomic mass is 35.5. The average Bonchev–Trinajstić information content (AvgIpc) is 3.17.